The molecule has 2 rings (SSSR count). The van der Waals surface area contributed by atoms with Gasteiger partial charge in [0.15, 0.2) is 0 Å². The van der Waals surface area contributed by atoms with E-state index in [1.54, 1.807) is 6.07 Å². The van der Waals surface area contributed by atoms with Gasteiger partial charge in [-0.1, -0.05) is 40.3 Å². The van der Waals surface area contributed by atoms with E-state index in [0.717, 1.165) is 15.7 Å². The number of thiocarbonyl (C=S) groups is 1. The minimum Gasteiger partial charge on any atom is -0.389 e. The van der Waals surface area contributed by atoms with Gasteiger partial charge in [0.1, 0.15) is 10.8 Å². The molecule has 0 unspecified atom stereocenters. The smallest absolute Gasteiger partial charge is 0.124 e. The molecule has 2 aromatic rings. The minimum atomic E-state index is -0.339. The molecule has 0 aromatic heterocycles. The molecule has 2 aromatic carbocycles. The number of halogens is 2. The van der Waals surface area contributed by atoms with Gasteiger partial charge < -0.3 is 10.6 Å². The van der Waals surface area contributed by atoms with E-state index < -0.39 is 0 Å². The second kappa shape index (κ2) is 6.33. The monoisotopic (exact) mass is 352 g/mol. The lowest BCUT2D eigenvalue weighted by atomic mass is 10.1. The lowest BCUT2D eigenvalue weighted by Gasteiger charge is -2.22. The lowest BCUT2D eigenvalue weighted by Crippen LogP contribution is -2.21. The van der Waals surface area contributed by atoms with Crippen LogP contribution in [0.4, 0.5) is 10.1 Å². The summed E-state index contributed by atoms with van der Waals surface area (Å²) in [6.45, 7) is 0.689. The van der Waals surface area contributed by atoms with Gasteiger partial charge in [0.25, 0.3) is 0 Å². The van der Waals surface area contributed by atoms with Crippen LogP contribution in [0.1, 0.15) is 11.1 Å². The lowest BCUT2D eigenvalue weighted by molar-refractivity contribution is 0.627. The number of rotatable bonds is 4. The van der Waals surface area contributed by atoms with Gasteiger partial charge in [0, 0.05) is 29.3 Å². The Kier molecular flexibility index (Phi) is 4.73. The van der Waals surface area contributed by atoms with Crippen molar-refractivity contribution in [1.29, 1.82) is 0 Å². The predicted octanol–water partition coefficient (Wildman–Crippen LogP) is 3.86. The van der Waals surface area contributed by atoms with Gasteiger partial charge in [-0.3, -0.25) is 0 Å². The van der Waals surface area contributed by atoms with Crippen LogP contribution in [0.2, 0.25) is 0 Å². The molecule has 0 aliphatic heterocycles. The molecule has 0 saturated carbocycles. The van der Waals surface area contributed by atoms with Crippen LogP contribution in [0.25, 0.3) is 0 Å². The second-order valence-corrected chi connectivity index (χ2v) is 5.86. The second-order valence-electron chi connectivity index (χ2n) is 4.51. The topological polar surface area (TPSA) is 29.3 Å². The first-order valence-electron chi connectivity index (χ1n) is 6.02. The van der Waals surface area contributed by atoms with Gasteiger partial charge in [0.05, 0.1) is 0 Å². The van der Waals surface area contributed by atoms with Crippen LogP contribution in [0.5, 0.6) is 0 Å². The molecular formula is C15H14BrFN2S. The summed E-state index contributed by atoms with van der Waals surface area (Å²) in [6.07, 6.45) is 0. The molecule has 0 bridgehead atoms. The Morgan fingerprint density at radius 1 is 1.25 bits per heavy atom. The molecule has 2 N–H and O–H groups in total. The molecule has 0 aliphatic carbocycles. The Morgan fingerprint density at radius 3 is 2.50 bits per heavy atom. The maximum absolute atomic E-state index is 13.3. The van der Waals surface area contributed by atoms with Crippen molar-refractivity contribution in [2.24, 2.45) is 5.73 Å². The van der Waals surface area contributed by atoms with Crippen molar-refractivity contribution < 1.29 is 4.39 Å². The van der Waals surface area contributed by atoms with Crippen LogP contribution >= 0.6 is 28.1 Å². The third-order valence-corrected chi connectivity index (χ3v) is 3.72. The summed E-state index contributed by atoms with van der Waals surface area (Å²) in [6, 6.07) is 12.5. The molecular weight excluding hydrogens is 339 g/mol. The average Bonchev–Trinajstić information content (AvgIpc) is 2.41. The quantitative estimate of drug-likeness (QED) is 0.847. The Morgan fingerprint density at radius 2 is 1.90 bits per heavy atom. The van der Waals surface area contributed by atoms with E-state index >= 15 is 0 Å². The van der Waals surface area contributed by atoms with Crippen molar-refractivity contribution in [1.82, 2.24) is 0 Å². The highest BCUT2D eigenvalue weighted by atomic mass is 79.9. The highest BCUT2D eigenvalue weighted by Gasteiger charge is 2.11. The minimum absolute atomic E-state index is 0.196. The van der Waals surface area contributed by atoms with Crippen LogP contribution in [0.15, 0.2) is 46.9 Å². The number of hydrogen-bond acceptors (Lipinski definition) is 2. The molecule has 0 saturated heterocycles. The van der Waals surface area contributed by atoms with Crippen molar-refractivity contribution in [2.75, 3.05) is 11.9 Å². The van der Waals surface area contributed by atoms with Crippen LogP contribution in [-0.2, 0) is 6.54 Å². The van der Waals surface area contributed by atoms with Crippen molar-refractivity contribution in [3.63, 3.8) is 0 Å². The number of nitrogens with zero attached hydrogens (tertiary/aromatic N) is 1. The van der Waals surface area contributed by atoms with Crippen molar-refractivity contribution in [2.45, 2.75) is 6.54 Å². The molecule has 0 atom stereocenters. The molecule has 20 heavy (non-hydrogen) atoms. The third-order valence-electron chi connectivity index (χ3n) is 2.97. The summed E-state index contributed by atoms with van der Waals surface area (Å²) in [5.74, 6) is -0.339. The maximum atomic E-state index is 13.3. The molecule has 2 nitrogen and oxygen atoms in total. The Labute approximate surface area is 131 Å². The number of benzene rings is 2. The molecule has 5 heteroatoms. The van der Waals surface area contributed by atoms with Gasteiger partial charge >= 0.3 is 0 Å². The maximum Gasteiger partial charge on any atom is 0.124 e. The normalized spacial score (nSPS) is 10.3. The summed E-state index contributed by atoms with van der Waals surface area (Å²) >= 11 is 8.39. The predicted molar refractivity (Wildman–Crippen MR) is 88.5 cm³/mol. The van der Waals surface area contributed by atoms with Crippen molar-refractivity contribution in [3.8, 4) is 0 Å². The summed E-state index contributed by atoms with van der Waals surface area (Å²) in [4.78, 5) is 2.19. The number of anilines is 1. The van der Waals surface area contributed by atoms with E-state index in [1.165, 1.54) is 12.1 Å². The summed E-state index contributed by atoms with van der Waals surface area (Å²) in [7, 11) is 1.93. The first-order valence-corrected chi connectivity index (χ1v) is 7.22. The van der Waals surface area contributed by atoms with Crippen LogP contribution < -0.4 is 10.6 Å². The average molecular weight is 353 g/mol. The van der Waals surface area contributed by atoms with Gasteiger partial charge in [-0.05, 0) is 35.9 Å². The molecule has 0 radical (unpaired) electrons. The Balaban J connectivity index is 2.27. The SMILES string of the molecule is CN(Cc1ccc(Br)cc1)c1ccc(F)cc1C(N)=S. The van der Waals surface area contributed by atoms with Gasteiger partial charge in [0.2, 0.25) is 0 Å². The van der Waals surface area contributed by atoms with Crippen molar-refractivity contribution in [3.05, 3.63) is 63.9 Å². The van der Waals surface area contributed by atoms with Gasteiger partial charge in [-0.25, -0.2) is 4.39 Å². The summed E-state index contributed by atoms with van der Waals surface area (Å²) < 4.78 is 14.3. The zero-order valence-electron chi connectivity index (χ0n) is 10.9. The summed E-state index contributed by atoms with van der Waals surface area (Å²) in [5, 5.41) is 0. The zero-order valence-corrected chi connectivity index (χ0v) is 13.3. The molecule has 0 aliphatic rings. The first kappa shape index (κ1) is 14.9. The molecule has 0 heterocycles. The van der Waals surface area contributed by atoms with Gasteiger partial charge in [-0.2, -0.15) is 0 Å². The fourth-order valence-corrected chi connectivity index (χ4v) is 2.42. The van der Waals surface area contributed by atoms with Gasteiger partial charge in [-0.15, -0.1) is 0 Å². The van der Waals surface area contributed by atoms with E-state index in [-0.39, 0.29) is 10.8 Å². The fraction of sp³-hybridized carbons (Fsp3) is 0.133. The van der Waals surface area contributed by atoms with E-state index in [2.05, 4.69) is 15.9 Å². The van der Waals surface area contributed by atoms with E-state index in [4.69, 9.17) is 18.0 Å². The Hall–Kier alpha value is -1.46. The summed E-state index contributed by atoms with van der Waals surface area (Å²) in [5.41, 5.74) is 8.19. The number of nitrogens with two attached hydrogens (primary N) is 1. The standard InChI is InChI=1S/C15H14BrFN2S/c1-19(9-10-2-4-11(16)5-3-10)14-7-6-12(17)8-13(14)15(18)20/h2-8H,9H2,1H3,(H2,18,20). The highest BCUT2D eigenvalue weighted by Crippen LogP contribution is 2.23. The largest absolute Gasteiger partial charge is 0.389 e. The molecule has 0 fully saturated rings. The zero-order chi connectivity index (χ0) is 14.7. The van der Waals surface area contributed by atoms with Crippen molar-refractivity contribution >= 4 is 38.8 Å². The molecule has 104 valence electrons. The molecule has 0 spiro atoms. The van der Waals surface area contributed by atoms with Crippen LogP contribution in [0.3, 0.4) is 0 Å². The van der Waals surface area contributed by atoms with E-state index in [9.17, 15) is 4.39 Å². The number of hydrogen-bond donors (Lipinski definition) is 1. The highest BCUT2D eigenvalue weighted by molar-refractivity contribution is 9.10. The van der Waals surface area contributed by atoms with Crippen LogP contribution in [0, 0.1) is 5.82 Å². The first-order chi connectivity index (χ1) is 9.47. The van der Waals surface area contributed by atoms with E-state index in [1.807, 2.05) is 36.2 Å². The molecule has 0 amide bonds. The Bertz CT molecular complexity index is 628. The van der Waals surface area contributed by atoms with Crippen LogP contribution in [-0.4, -0.2) is 12.0 Å². The third kappa shape index (κ3) is 3.55. The fourth-order valence-electron chi connectivity index (χ4n) is 1.99. The van der Waals surface area contributed by atoms with E-state index in [0.29, 0.717) is 12.1 Å².